The minimum absolute atomic E-state index is 0.224. The minimum atomic E-state index is -0.425. The van der Waals surface area contributed by atoms with Gasteiger partial charge in [0.05, 0.1) is 19.9 Å². The van der Waals surface area contributed by atoms with Crippen LogP contribution in [0.15, 0.2) is 47.6 Å². The first-order chi connectivity index (χ1) is 12.4. The zero-order valence-corrected chi connectivity index (χ0v) is 15.8. The molecular weight excluding hydrogens is 330 g/mol. The molecule has 6 nitrogen and oxygen atoms in total. The fourth-order valence-electron chi connectivity index (χ4n) is 2.44. The Morgan fingerprint density at radius 1 is 1.12 bits per heavy atom. The Kier molecular flexibility index (Phi) is 6.60. The Bertz CT molecular complexity index is 803. The molecule has 0 aliphatic rings. The third kappa shape index (κ3) is 4.99. The molecule has 138 valence electrons. The molecule has 2 aromatic carbocycles. The molecule has 0 saturated heterocycles. The Morgan fingerprint density at radius 2 is 1.88 bits per heavy atom. The van der Waals surface area contributed by atoms with Gasteiger partial charge in [0.15, 0.2) is 0 Å². The van der Waals surface area contributed by atoms with Gasteiger partial charge in [0, 0.05) is 17.3 Å². The van der Waals surface area contributed by atoms with Crippen molar-refractivity contribution >= 4 is 17.3 Å². The predicted octanol–water partition coefficient (Wildman–Crippen LogP) is 3.35. The maximum atomic E-state index is 12.3. The molecule has 0 bridgehead atoms. The molecule has 0 spiro atoms. The Labute approximate surface area is 154 Å². The van der Waals surface area contributed by atoms with Crippen molar-refractivity contribution in [2.75, 3.05) is 19.5 Å². The number of rotatable bonds is 7. The lowest BCUT2D eigenvalue weighted by Crippen LogP contribution is -2.35. The lowest BCUT2D eigenvalue weighted by molar-refractivity contribution is -0.121. The Morgan fingerprint density at radius 3 is 2.54 bits per heavy atom. The second-order valence-electron chi connectivity index (χ2n) is 5.97. The number of methoxy groups -OCH3 is 2. The third-order valence-corrected chi connectivity index (χ3v) is 3.93. The molecule has 1 unspecified atom stereocenters. The van der Waals surface area contributed by atoms with Crippen molar-refractivity contribution in [3.63, 3.8) is 0 Å². The van der Waals surface area contributed by atoms with Gasteiger partial charge in [0.1, 0.15) is 17.5 Å². The molecule has 0 fully saturated rings. The summed E-state index contributed by atoms with van der Waals surface area (Å²) in [7, 11) is 3.18. The molecule has 2 N–H and O–H groups in total. The second kappa shape index (κ2) is 8.89. The summed E-state index contributed by atoms with van der Waals surface area (Å²) in [4.78, 5) is 12.3. The summed E-state index contributed by atoms with van der Waals surface area (Å²) in [6, 6.07) is 12.9. The zero-order valence-electron chi connectivity index (χ0n) is 15.8. The molecule has 0 heterocycles. The van der Waals surface area contributed by atoms with E-state index in [0.29, 0.717) is 17.2 Å². The summed E-state index contributed by atoms with van der Waals surface area (Å²) >= 11 is 0. The van der Waals surface area contributed by atoms with Crippen molar-refractivity contribution in [1.29, 1.82) is 0 Å². The molecule has 2 aromatic rings. The zero-order chi connectivity index (χ0) is 19.1. The normalized spacial score (nSPS) is 12.3. The van der Waals surface area contributed by atoms with E-state index in [1.807, 2.05) is 50.2 Å². The average Bonchev–Trinajstić information content (AvgIpc) is 2.65. The van der Waals surface area contributed by atoms with Crippen LogP contribution in [-0.4, -0.2) is 31.9 Å². The average molecular weight is 355 g/mol. The first-order valence-corrected chi connectivity index (χ1v) is 8.34. The highest BCUT2D eigenvalue weighted by molar-refractivity contribution is 6.02. The Hall–Kier alpha value is -3.02. The minimum Gasteiger partial charge on any atom is -0.497 e. The quantitative estimate of drug-likeness (QED) is 0.590. The third-order valence-electron chi connectivity index (χ3n) is 3.93. The fraction of sp³-hybridized carbons (Fsp3) is 0.300. The predicted molar refractivity (Wildman–Crippen MR) is 104 cm³/mol. The fourth-order valence-corrected chi connectivity index (χ4v) is 2.44. The largest absolute Gasteiger partial charge is 0.497 e. The first kappa shape index (κ1) is 19.3. The highest BCUT2D eigenvalue weighted by atomic mass is 16.5. The van der Waals surface area contributed by atoms with Crippen LogP contribution >= 0.6 is 0 Å². The van der Waals surface area contributed by atoms with Gasteiger partial charge in [0.2, 0.25) is 0 Å². The van der Waals surface area contributed by atoms with Crippen LogP contribution in [0.2, 0.25) is 0 Å². The molecule has 0 radical (unpaired) electrons. The van der Waals surface area contributed by atoms with Crippen LogP contribution in [0, 0.1) is 6.92 Å². The van der Waals surface area contributed by atoms with Gasteiger partial charge in [-0.2, -0.15) is 5.10 Å². The van der Waals surface area contributed by atoms with Crippen LogP contribution in [-0.2, 0) is 4.79 Å². The van der Waals surface area contributed by atoms with Gasteiger partial charge in [-0.3, -0.25) is 4.79 Å². The number of aryl methyl sites for hydroxylation is 1. The number of hydrazone groups is 1. The van der Waals surface area contributed by atoms with Crippen molar-refractivity contribution in [3.8, 4) is 11.5 Å². The Balaban J connectivity index is 2.04. The van der Waals surface area contributed by atoms with E-state index < -0.39 is 6.04 Å². The van der Waals surface area contributed by atoms with Gasteiger partial charge in [-0.15, -0.1) is 0 Å². The van der Waals surface area contributed by atoms with E-state index in [4.69, 9.17) is 9.47 Å². The van der Waals surface area contributed by atoms with Crippen LogP contribution in [0.3, 0.4) is 0 Å². The van der Waals surface area contributed by atoms with Crippen molar-refractivity contribution in [2.45, 2.75) is 26.8 Å². The summed E-state index contributed by atoms with van der Waals surface area (Å²) in [5.41, 5.74) is 6.04. The van der Waals surface area contributed by atoms with E-state index in [-0.39, 0.29) is 5.91 Å². The van der Waals surface area contributed by atoms with Crippen molar-refractivity contribution < 1.29 is 14.3 Å². The standard InChI is InChI=1S/C20H25N3O3/c1-13-7-6-8-16(11-13)21-15(3)20(24)23-22-14(2)18-10-9-17(25-4)12-19(18)26-5/h6-12,15,21H,1-5H3,(H,23,24). The lowest BCUT2D eigenvalue weighted by Gasteiger charge is -2.14. The monoisotopic (exact) mass is 355 g/mol. The van der Waals surface area contributed by atoms with Crippen LogP contribution in [0.25, 0.3) is 0 Å². The van der Waals surface area contributed by atoms with Gasteiger partial charge >= 0.3 is 0 Å². The van der Waals surface area contributed by atoms with Crippen LogP contribution in [0.1, 0.15) is 25.0 Å². The SMILES string of the molecule is COc1ccc(C(C)=NNC(=O)C(C)Nc2cccc(C)c2)c(OC)c1. The summed E-state index contributed by atoms with van der Waals surface area (Å²) in [5.74, 6) is 1.10. The number of hydrogen-bond acceptors (Lipinski definition) is 5. The van der Waals surface area contributed by atoms with Gasteiger partial charge in [-0.25, -0.2) is 5.43 Å². The highest BCUT2D eigenvalue weighted by Gasteiger charge is 2.13. The van der Waals surface area contributed by atoms with Gasteiger partial charge < -0.3 is 14.8 Å². The van der Waals surface area contributed by atoms with Crippen LogP contribution < -0.4 is 20.2 Å². The molecule has 0 aliphatic heterocycles. The van der Waals surface area contributed by atoms with Crippen LogP contribution in [0.4, 0.5) is 5.69 Å². The van der Waals surface area contributed by atoms with Gasteiger partial charge in [0.25, 0.3) is 5.91 Å². The molecule has 26 heavy (non-hydrogen) atoms. The smallest absolute Gasteiger partial charge is 0.262 e. The van der Waals surface area contributed by atoms with E-state index >= 15 is 0 Å². The lowest BCUT2D eigenvalue weighted by atomic mass is 10.1. The van der Waals surface area contributed by atoms with Crippen molar-refractivity contribution in [2.24, 2.45) is 5.10 Å². The summed E-state index contributed by atoms with van der Waals surface area (Å²) in [5, 5.41) is 7.36. The van der Waals surface area contributed by atoms with Crippen LogP contribution in [0.5, 0.6) is 11.5 Å². The summed E-state index contributed by atoms with van der Waals surface area (Å²) in [6.45, 7) is 5.60. The molecule has 0 saturated carbocycles. The van der Waals surface area contributed by atoms with E-state index in [0.717, 1.165) is 16.8 Å². The van der Waals surface area contributed by atoms with Gasteiger partial charge in [-0.05, 0) is 50.6 Å². The van der Waals surface area contributed by atoms with E-state index in [1.54, 1.807) is 27.2 Å². The molecule has 6 heteroatoms. The van der Waals surface area contributed by atoms with Crippen molar-refractivity contribution in [3.05, 3.63) is 53.6 Å². The van der Waals surface area contributed by atoms with E-state index in [2.05, 4.69) is 15.8 Å². The van der Waals surface area contributed by atoms with Crippen molar-refractivity contribution in [1.82, 2.24) is 5.43 Å². The van der Waals surface area contributed by atoms with Gasteiger partial charge in [-0.1, -0.05) is 12.1 Å². The first-order valence-electron chi connectivity index (χ1n) is 8.34. The molecule has 1 atom stereocenters. The summed E-state index contributed by atoms with van der Waals surface area (Å²) < 4.78 is 10.6. The molecular formula is C20H25N3O3. The summed E-state index contributed by atoms with van der Waals surface area (Å²) in [6.07, 6.45) is 0. The van der Waals surface area contributed by atoms with E-state index in [1.165, 1.54) is 0 Å². The number of carbonyl (C=O) groups is 1. The number of ether oxygens (including phenoxy) is 2. The molecule has 2 rings (SSSR count). The number of benzene rings is 2. The number of anilines is 1. The second-order valence-corrected chi connectivity index (χ2v) is 5.97. The molecule has 1 amide bonds. The maximum Gasteiger partial charge on any atom is 0.262 e. The number of amides is 1. The highest BCUT2D eigenvalue weighted by Crippen LogP contribution is 2.25. The van der Waals surface area contributed by atoms with E-state index in [9.17, 15) is 4.79 Å². The number of nitrogens with one attached hydrogen (secondary N) is 2. The molecule has 0 aliphatic carbocycles. The number of hydrogen-bond donors (Lipinski definition) is 2. The number of nitrogens with zero attached hydrogens (tertiary/aromatic N) is 1. The molecule has 0 aromatic heterocycles. The number of carbonyl (C=O) groups excluding carboxylic acids is 1. The maximum absolute atomic E-state index is 12.3. The topological polar surface area (TPSA) is 72.0 Å².